The zero-order valence-corrected chi connectivity index (χ0v) is 19.9. The number of imidazole rings is 1. The second-order valence-electron chi connectivity index (χ2n) is 7.74. The molecule has 0 amide bonds. The highest BCUT2D eigenvalue weighted by atomic mass is 79.9. The second kappa shape index (κ2) is 9.02. The van der Waals surface area contributed by atoms with E-state index in [1.54, 1.807) is 23.9 Å². The SMILES string of the molecule is COc1ccc(CC2CN(Cc3cnc[nH]3)c3ccc(Br)cc3CN2S(C)(=O)=O)cc1. The molecular weight excluding hydrogens is 480 g/mol. The number of rotatable bonds is 6. The van der Waals surface area contributed by atoms with Gasteiger partial charge in [0.05, 0.1) is 31.9 Å². The van der Waals surface area contributed by atoms with E-state index in [4.69, 9.17) is 4.74 Å². The van der Waals surface area contributed by atoms with E-state index in [1.165, 1.54) is 6.26 Å². The van der Waals surface area contributed by atoms with E-state index in [-0.39, 0.29) is 6.04 Å². The third-order valence-electron chi connectivity index (χ3n) is 5.52. The molecule has 0 saturated carbocycles. The van der Waals surface area contributed by atoms with Crippen LogP contribution < -0.4 is 9.64 Å². The van der Waals surface area contributed by atoms with E-state index in [0.717, 1.165) is 32.7 Å². The number of halogens is 1. The lowest BCUT2D eigenvalue weighted by atomic mass is 10.1. The molecule has 1 aromatic heterocycles. The number of aromatic amines is 1. The highest BCUT2D eigenvalue weighted by Crippen LogP contribution is 2.33. The molecule has 0 spiro atoms. The van der Waals surface area contributed by atoms with Crippen molar-refractivity contribution in [3.63, 3.8) is 0 Å². The van der Waals surface area contributed by atoms with Crippen LogP contribution in [0, 0.1) is 0 Å². The standard InChI is InChI=1S/C22H25BrN4O3S/c1-30-21-6-3-16(4-7-21)9-20-14-26(13-19-11-24-15-25-19)22-8-5-18(23)10-17(22)12-27(20)31(2,28)29/h3-8,10-11,15,20H,9,12-14H2,1-2H3,(H,24,25). The maximum atomic E-state index is 12.8. The van der Waals surface area contributed by atoms with Gasteiger partial charge < -0.3 is 14.6 Å². The van der Waals surface area contributed by atoms with E-state index >= 15 is 0 Å². The number of fused-ring (bicyclic) bond motifs is 1. The van der Waals surface area contributed by atoms with Crippen molar-refractivity contribution < 1.29 is 13.2 Å². The van der Waals surface area contributed by atoms with Gasteiger partial charge in [-0.1, -0.05) is 28.1 Å². The summed E-state index contributed by atoms with van der Waals surface area (Å²) in [4.78, 5) is 9.52. The van der Waals surface area contributed by atoms with Crippen molar-refractivity contribution in [2.45, 2.75) is 25.6 Å². The van der Waals surface area contributed by atoms with Crippen molar-refractivity contribution in [2.24, 2.45) is 0 Å². The number of hydrogen-bond donors (Lipinski definition) is 1. The number of aromatic nitrogens is 2. The van der Waals surface area contributed by atoms with Gasteiger partial charge in [0.25, 0.3) is 0 Å². The zero-order valence-electron chi connectivity index (χ0n) is 17.5. The zero-order chi connectivity index (χ0) is 22.0. The first-order valence-corrected chi connectivity index (χ1v) is 12.6. The first kappa shape index (κ1) is 21.9. The van der Waals surface area contributed by atoms with Gasteiger partial charge in [0, 0.05) is 35.5 Å². The predicted molar refractivity (Wildman–Crippen MR) is 125 cm³/mol. The molecule has 0 radical (unpaired) electrons. The molecule has 3 aromatic rings. The van der Waals surface area contributed by atoms with Gasteiger partial charge in [-0.05, 0) is 47.9 Å². The third kappa shape index (κ3) is 5.11. The van der Waals surface area contributed by atoms with Crippen LogP contribution in [0.15, 0.2) is 59.5 Å². The van der Waals surface area contributed by atoms with Crippen LogP contribution in [0.2, 0.25) is 0 Å². The lowest BCUT2D eigenvalue weighted by molar-refractivity contribution is 0.320. The van der Waals surface area contributed by atoms with Crippen molar-refractivity contribution in [1.82, 2.24) is 14.3 Å². The van der Waals surface area contributed by atoms with Gasteiger partial charge in [-0.3, -0.25) is 0 Å². The van der Waals surface area contributed by atoms with E-state index in [0.29, 0.717) is 26.1 Å². The van der Waals surface area contributed by atoms with Crippen molar-refractivity contribution >= 4 is 31.6 Å². The summed E-state index contributed by atoms with van der Waals surface area (Å²) in [6.45, 7) is 1.51. The molecule has 0 aliphatic carbocycles. The largest absolute Gasteiger partial charge is 0.497 e. The van der Waals surface area contributed by atoms with Gasteiger partial charge in [0.2, 0.25) is 10.0 Å². The van der Waals surface area contributed by atoms with E-state index in [2.05, 4.69) is 30.8 Å². The highest BCUT2D eigenvalue weighted by molar-refractivity contribution is 9.10. The van der Waals surface area contributed by atoms with Crippen LogP contribution >= 0.6 is 15.9 Å². The van der Waals surface area contributed by atoms with Crippen molar-refractivity contribution in [2.75, 3.05) is 24.8 Å². The molecule has 0 saturated heterocycles. The predicted octanol–water partition coefficient (Wildman–Crippen LogP) is 3.57. The van der Waals surface area contributed by atoms with Gasteiger partial charge in [0.15, 0.2) is 0 Å². The van der Waals surface area contributed by atoms with Gasteiger partial charge in [0.1, 0.15) is 5.75 Å². The molecule has 2 aromatic carbocycles. The second-order valence-corrected chi connectivity index (χ2v) is 10.6. The summed E-state index contributed by atoms with van der Waals surface area (Å²) in [5.41, 5.74) is 4.04. The van der Waals surface area contributed by atoms with Gasteiger partial charge in [-0.2, -0.15) is 4.31 Å². The van der Waals surface area contributed by atoms with E-state index in [9.17, 15) is 8.42 Å². The maximum absolute atomic E-state index is 12.8. The van der Waals surface area contributed by atoms with E-state index in [1.807, 2.05) is 42.5 Å². The number of H-pyrrole nitrogens is 1. The number of nitrogens with zero attached hydrogens (tertiary/aromatic N) is 3. The van der Waals surface area contributed by atoms with Crippen LogP contribution in [-0.4, -0.2) is 48.6 Å². The molecule has 1 unspecified atom stereocenters. The minimum atomic E-state index is -3.43. The van der Waals surface area contributed by atoms with Crippen LogP contribution in [0.3, 0.4) is 0 Å². The van der Waals surface area contributed by atoms with Gasteiger partial charge in [-0.25, -0.2) is 13.4 Å². The highest BCUT2D eigenvalue weighted by Gasteiger charge is 2.33. The molecule has 0 fully saturated rings. The quantitative estimate of drug-likeness (QED) is 0.554. The van der Waals surface area contributed by atoms with Crippen molar-refractivity contribution in [3.05, 3.63) is 76.3 Å². The summed E-state index contributed by atoms with van der Waals surface area (Å²) in [5.74, 6) is 0.780. The first-order valence-electron chi connectivity index (χ1n) is 9.94. The van der Waals surface area contributed by atoms with Gasteiger partial charge >= 0.3 is 0 Å². The summed E-state index contributed by atoms with van der Waals surface area (Å²) in [6, 6.07) is 13.6. The Labute approximate surface area is 191 Å². The smallest absolute Gasteiger partial charge is 0.211 e. The van der Waals surface area contributed by atoms with Crippen molar-refractivity contribution in [3.8, 4) is 5.75 Å². The molecule has 2 heterocycles. The van der Waals surface area contributed by atoms with E-state index < -0.39 is 10.0 Å². The molecule has 7 nitrogen and oxygen atoms in total. The summed E-state index contributed by atoms with van der Waals surface area (Å²) in [6.07, 6.45) is 5.35. The Morgan fingerprint density at radius 2 is 2.00 bits per heavy atom. The molecule has 9 heteroatoms. The number of benzene rings is 2. The number of methoxy groups -OCH3 is 1. The number of hydrogen-bond acceptors (Lipinski definition) is 5. The number of sulfonamides is 1. The summed E-state index contributed by atoms with van der Waals surface area (Å²) in [5, 5.41) is 0. The topological polar surface area (TPSA) is 78.5 Å². The lowest BCUT2D eigenvalue weighted by Gasteiger charge is -2.31. The Bertz CT molecular complexity index is 1130. The minimum Gasteiger partial charge on any atom is -0.497 e. The fourth-order valence-electron chi connectivity index (χ4n) is 4.04. The monoisotopic (exact) mass is 504 g/mol. The Morgan fingerprint density at radius 1 is 1.23 bits per heavy atom. The van der Waals surface area contributed by atoms with Gasteiger partial charge in [-0.15, -0.1) is 0 Å². The number of nitrogens with one attached hydrogen (secondary N) is 1. The molecule has 1 atom stereocenters. The fraction of sp³-hybridized carbons (Fsp3) is 0.318. The summed E-state index contributed by atoms with van der Waals surface area (Å²) < 4.78 is 33.4. The normalized spacial score (nSPS) is 17.3. The summed E-state index contributed by atoms with van der Waals surface area (Å²) >= 11 is 3.53. The van der Waals surface area contributed by atoms with Crippen LogP contribution in [0.1, 0.15) is 16.8 Å². The number of anilines is 1. The molecule has 164 valence electrons. The Morgan fingerprint density at radius 3 is 2.65 bits per heavy atom. The molecule has 1 aliphatic heterocycles. The minimum absolute atomic E-state index is 0.225. The average Bonchev–Trinajstić information content (AvgIpc) is 3.18. The molecule has 31 heavy (non-hydrogen) atoms. The lowest BCUT2D eigenvalue weighted by Crippen LogP contribution is -2.45. The fourth-order valence-corrected chi connectivity index (χ4v) is 5.51. The van der Waals surface area contributed by atoms with Crippen molar-refractivity contribution in [1.29, 1.82) is 0 Å². The van der Waals surface area contributed by atoms with Crippen LogP contribution in [0.25, 0.3) is 0 Å². The Kier molecular flexibility index (Phi) is 6.36. The van der Waals surface area contributed by atoms with Crippen LogP contribution in [0.5, 0.6) is 5.75 Å². The van der Waals surface area contributed by atoms with Crippen LogP contribution in [0.4, 0.5) is 5.69 Å². The Hall–Kier alpha value is -2.36. The molecule has 1 aliphatic rings. The maximum Gasteiger partial charge on any atom is 0.211 e. The third-order valence-corrected chi connectivity index (χ3v) is 7.29. The summed E-state index contributed by atoms with van der Waals surface area (Å²) in [7, 11) is -1.79. The molecule has 1 N–H and O–H groups in total. The Balaban J connectivity index is 1.72. The first-order chi connectivity index (χ1) is 14.8. The molecular formula is C22H25BrN4O3S. The van der Waals surface area contributed by atoms with Crippen LogP contribution in [-0.2, 0) is 29.5 Å². The number of ether oxygens (including phenoxy) is 1. The average molecular weight is 505 g/mol. The molecule has 0 bridgehead atoms. The molecule has 4 rings (SSSR count).